The molecule has 0 bridgehead atoms. The number of hydrogen-bond acceptors (Lipinski definition) is 1. The van der Waals surface area contributed by atoms with Crippen LogP contribution in [0.4, 0.5) is 0 Å². The second-order valence-corrected chi connectivity index (χ2v) is 5.38. The second kappa shape index (κ2) is 8.09. The molecular formula is C18H16Cl2CrN. The minimum Gasteiger partial charge on any atom is -1.00 e. The fraction of sp³-hybridized carbons (Fsp3) is 0.222. The molecule has 4 rings (SSSR count). The van der Waals surface area contributed by atoms with Crippen molar-refractivity contribution in [3.05, 3.63) is 71.8 Å². The number of rotatable bonds is 1. The number of para-hydroxylation sites is 1. The molecule has 1 nitrogen and oxygen atoms in total. The molecule has 2 aromatic rings. The summed E-state index contributed by atoms with van der Waals surface area (Å²) in [7, 11) is 0. The average Bonchev–Trinajstić information content (AvgIpc) is 2.90. The maximum atomic E-state index is 4.60. The van der Waals surface area contributed by atoms with Crippen molar-refractivity contribution in [1.29, 1.82) is 0 Å². The van der Waals surface area contributed by atoms with Gasteiger partial charge < -0.3 is 29.8 Å². The van der Waals surface area contributed by atoms with Gasteiger partial charge >= 0.3 is 17.4 Å². The molecule has 1 aromatic carbocycles. The Labute approximate surface area is 154 Å². The van der Waals surface area contributed by atoms with Gasteiger partial charge in [0.05, 0.1) is 0 Å². The first-order chi connectivity index (χ1) is 9.43. The van der Waals surface area contributed by atoms with Gasteiger partial charge in [0, 0.05) is 6.20 Å². The molecular weight excluding hydrogens is 353 g/mol. The van der Waals surface area contributed by atoms with Crippen LogP contribution in [0.25, 0.3) is 10.9 Å². The largest absolute Gasteiger partial charge is 3.00 e. The third kappa shape index (κ3) is 3.21. The van der Waals surface area contributed by atoms with E-state index in [9.17, 15) is 0 Å². The van der Waals surface area contributed by atoms with Gasteiger partial charge in [-0.05, 0) is 29.3 Å². The molecule has 1 fully saturated rings. The third-order valence-corrected chi connectivity index (χ3v) is 4.32. The zero-order valence-electron chi connectivity index (χ0n) is 12.0. The molecule has 22 heavy (non-hydrogen) atoms. The Kier molecular flexibility index (Phi) is 7.04. The van der Waals surface area contributed by atoms with E-state index in [1.54, 1.807) is 5.57 Å². The third-order valence-electron chi connectivity index (χ3n) is 4.32. The molecule has 4 heteroatoms. The van der Waals surface area contributed by atoms with Crippen molar-refractivity contribution in [3.8, 4) is 0 Å². The molecule has 0 spiro atoms. The first kappa shape index (κ1) is 19.1. The molecule has 2 aliphatic rings. The Morgan fingerprint density at radius 3 is 2.77 bits per heavy atom. The van der Waals surface area contributed by atoms with E-state index in [-0.39, 0.29) is 42.2 Å². The molecule has 0 aliphatic heterocycles. The Morgan fingerprint density at radius 2 is 1.91 bits per heavy atom. The van der Waals surface area contributed by atoms with Crippen LogP contribution in [0.2, 0.25) is 0 Å². The molecule has 1 aromatic heterocycles. The maximum Gasteiger partial charge on any atom is 3.00 e. The topological polar surface area (TPSA) is 12.9 Å². The number of allylic oxidation sites excluding steroid dienone is 4. The summed E-state index contributed by atoms with van der Waals surface area (Å²) in [6.07, 6.45) is 12.4. The van der Waals surface area contributed by atoms with Crippen molar-refractivity contribution >= 4 is 10.9 Å². The molecule has 1 saturated carbocycles. The number of nitrogens with zero attached hydrogens (tertiary/aromatic N) is 1. The number of hydrogen-bond donors (Lipinski definition) is 0. The quantitative estimate of drug-likeness (QED) is 0.556. The van der Waals surface area contributed by atoms with Gasteiger partial charge in [-0.3, -0.25) is 0 Å². The number of fused-ring (bicyclic) bond motifs is 2. The molecule has 2 aliphatic carbocycles. The van der Waals surface area contributed by atoms with E-state index < -0.39 is 0 Å². The van der Waals surface area contributed by atoms with Crippen LogP contribution in [0.5, 0.6) is 0 Å². The van der Waals surface area contributed by atoms with Gasteiger partial charge in [0.25, 0.3) is 0 Å². The van der Waals surface area contributed by atoms with E-state index in [2.05, 4.69) is 47.5 Å². The van der Waals surface area contributed by atoms with Gasteiger partial charge in [0.1, 0.15) is 0 Å². The fourth-order valence-electron chi connectivity index (χ4n) is 3.40. The first-order valence-electron chi connectivity index (χ1n) is 7.00. The van der Waals surface area contributed by atoms with E-state index >= 15 is 0 Å². The van der Waals surface area contributed by atoms with E-state index in [1.807, 2.05) is 12.3 Å². The maximum absolute atomic E-state index is 4.60. The predicted octanol–water partition coefficient (Wildman–Crippen LogP) is -1.54. The normalized spacial score (nSPS) is 18.6. The van der Waals surface area contributed by atoms with Gasteiger partial charge in [0.2, 0.25) is 0 Å². The molecule has 1 atom stereocenters. The molecule has 0 saturated heterocycles. The van der Waals surface area contributed by atoms with Crippen molar-refractivity contribution in [1.82, 2.24) is 4.98 Å². The minimum atomic E-state index is 0. The zero-order valence-corrected chi connectivity index (χ0v) is 14.8. The molecule has 0 amide bonds. The minimum absolute atomic E-state index is 0. The summed E-state index contributed by atoms with van der Waals surface area (Å²) in [5.74, 6) is 2.25. The van der Waals surface area contributed by atoms with Crippen LogP contribution in [0.3, 0.4) is 0 Å². The Bertz CT molecular complexity index is 691. The van der Waals surface area contributed by atoms with Crippen molar-refractivity contribution in [3.63, 3.8) is 0 Å². The summed E-state index contributed by atoms with van der Waals surface area (Å²) in [6.45, 7) is 0. The molecule has 113 valence electrons. The fourth-order valence-corrected chi connectivity index (χ4v) is 3.40. The van der Waals surface area contributed by atoms with Crippen LogP contribution in [-0.4, -0.2) is 4.98 Å². The number of aromatic nitrogens is 1. The monoisotopic (exact) mass is 368 g/mol. The van der Waals surface area contributed by atoms with Crippen LogP contribution in [0, 0.1) is 11.8 Å². The van der Waals surface area contributed by atoms with Gasteiger partial charge in [-0.25, -0.2) is 0 Å². The van der Waals surface area contributed by atoms with Crippen LogP contribution in [-0.2, 0) is 17.4 Å². The summed E-state index contributed by atoms with van der Waals surface area (Å²) >= 11 is 0. The van der Waals surface area contributed by atoms with Crippen LogP contribution in [0.1, 0.15) is 24.8 Å². The molecule has 1 unspecified atom stereocenters. The van der Waals surface area contributed by atoms with E-state index in [0.29, 0.717) is 0 Å². The summed E-state index contributed by atoms with van der Waals surface area (Å²) in [6, 6.07) is 10.7. The zero-order chi connectivity index (χ0) is 12.7. The van der Waals surface area contributed by atoms with Crippen molar-refractivity contribution in [2.75, 3.05) is 0 Å². The Balaban J connectivity index is 0.000000807. The summed E-state index contributed by atoms with van der Waals surface area (Å²) in [5, 5.41) is 1.24. The van der Waals surface area contributed by atoms with E-state index in [0.717, 1.165) is 11.4 Å². The molecule has 1 radical (unpaired) electrons. The van der Waals surface area contributed by atoms with Crippen LogP contribution < -0.4 is 24.8 Å². The van der Waals surface area contributed by atoms with Gasteiger partial charge in [-0.2, -0.15) is 0 Å². The smallest absolute Gasteiger partial charge is 1.00 e. The summed E-state index contributed by atoms with van der Waals surface area (Å²) in [5.41, 5.74) is 4.03. The van der Waals surface area contributed by atoms with Crippen molar-refractivity contribution < 1.29 is 42.2 Å². The van der Waals surface area contributed by atoms with Gasteiger partial charge in [0.15, 0.2) is 0 Å². The summed E-state index contributed by atoms with van der Waals surface area (Å²) < 4.78 is 0. The number of benzene rings is 1. The van der Waals surface area contributed by atoms with E-state index in [1.165, 1.54) is 36.1 Å². The average molecular weight is 369 g/mol. The predicted molar refractivity (Wildman–Crippen MR) is 78.7 cm³/mol. The van der Waals surface area contributed by atoms with Gasteiger partial charge in [-0.15, -0.1) is 41.3 Å². The second-order valence-electron chi connectivity index (χ2n) is 5.38. The van der Waals surface area contributed by atoms with Crippen molar-refractivity contribution in [2.24, 2.45) is 5.92 Å². The van der Waals surface area contributed by atoms with Crippen LogP contribution >= 0.6 is 0 Å². The van der Waals surface area contributed by atoms with Crippen molar-refractivity contribution in [2.45, 2.75) is 19.3 Å². The molecule has 0 N–H and O–H groups in total. The number of pyridine rings is 1. The SMILES string of the molecule is C1=CCC2CC[C-](c3cccc4cccnc34)C2=C1.[Cl-].[Cl-].[Cr+3]. The molecule has 1 heterocycles. The van der Waals surface area contributed by atoms with E-state index in [4.69, 9.17) is 0 Å². The van der Waals surface area contributed by atoms with Crippen LogP contribution in [0.15, 0.2) is 60.3 Å². The first-order valence-corrected chi connectivity index (χ1v) is 7.00. The number of halogens is 2. The standard InChI is InChI=1S/C18H16N.2ClH.Cr/c1-2-8-15-13(5-1)10-11-16(15)17-9-3-6-14-7-4-12-19-18(14)17;;;/h1-4,6-9,12-13H,5,10-11H2;2*1H;/q-1;;;+3/p-2. The summed E-state index contributed by atoms with van der Waals surface area (Å²) in [4.78, 5) is 4.60. The van der Waals surface area contributed by atoms with Gasteiger partial charge in [-0.1, -0.05) is 31.1 Å². The Hall–Kier alpha value is -0.908. The Morgan fingerprint density at radius 1 is 1.09 bits per heavy atom.